The molecule has 182 valence electrons. The van der Waals surface area contributed by atoms with Crippen LogP contribution in [0.25, 0.3) is 16.8 Å². The molecule has 0 spiro atoms. The molecule has 6 heteroatoms. The highest BCUT2D eigenvalue weighted by atomic mass is 16.1. The lowest BCUT2D eigenvalue weighted by Gasteiger charge is -2.22. The molecule has 1 aliphatic rings. The number of aliphatic imine (C=N–C) groups is 1. The summed E-state index contributed by atoms with van der Waals surface area (Å²) in [6.07, 6.45) is 3.38. The van der Waals surface area contributed by atoms with Gasteiger partial charge in [-0.25, -0.2) is 4.98 Å². The lowest BCUT2D eigenvalue weighted by molar-refractivity contribution is 0.0953. The molecule has 4 aromatic rings. The lowest BCUT2D eigenvalue weighted by Crippen LogP contribution is -2.35. The number of carbonyl (C=O) groups is 1. The zero-order chi connectivity index (χ0) is 25.3. The number of benzene rings is 3. The number of carbonyl (C=O) groups excluding carboxylic acids is 1. The van der Waals surface area contributed by atoms with Crippen molar-refractivity contribution in [2.75, 3.05) is 0 Å². The molecule has 5 rings (SSSR count). The smallest absolute Gasteiger partial charge is 0.210 e. The third-order valence-corrected chi connectivity index (χ3v) is 6.41. The second-order valence-electron chi connectivity index (χ2n) is 10.2. The maximum Gasteiger partial charge on any atom is 0.210 e. The average molecular weight is 478 g/mol. The number of Topliss-reactive ketones (excluding diaryl/α,β-unsaturated/α-hetero) is 1. The molecule has 1 atom stereocenters. The molecule has 0 amide bonds. The summed E-state index contributed by atoms with van der Waals surface area (Å²) in [6, 6.07) is 23.8. The summed E-state index contributed by atoms with van der Waals surface area (Å²) < 4.78 is 1.84. The number of hydrogen-bond donors (Lipinski definition) is 2. The van der Waals surface area contributed by atoms with Gasteiger partial charge in [0.2, 0.25) is 5.78 Å². The van der Waals surface area contributed by atoms with E-state index < -0.39 is 6.04 Å². The Labute approximate surface area is 211 Å². The quantitative estimate of drug-likeness (QED) is 0.398. The van der Waals surface area contributed by atoms with Crippen LogP contribution in [0.2, 0.25) is 0 Å². The Kier molecular flexibility index (Phi) is 6.39. The number of imidazole rings is 1. The normalized spacial score (nSPS) is 15.2. The monoisotopic (exact) mass is 477 g/mol. The van der Waals surface area contributed by atoms with Crippen molar-refractivity contribution in [3.8, 4) is 16.8 Å². The Morgan fingerprint density at radius 1 is 1.00 bits per heavy atom. The first-order valence-corrected chi connectivity index (χ1v) is 12.2. The molecule has 1 aliphatic heterocycles. The minimum Gasteiger partial charge on any atom is -0.326 e. The van der Waals surface area contributed by atoms with Crippen LogP contribution in [0.5, 0.6) is 0 Å². The van der Waals surface area contributed by atoms with Crippen molar-refractivity contribution < 1.29 is 4.79 Å². The second-order valence-corrected chi connectivity index (χ2v) is 10.2. The van der Waals surface area contributed by atoms with Gasteiger partial charge in [-0.3, -0.25) is 14.4 Å². The fourth-order valence-corrected chi connectivity index (χ4v) is 4.47. The predicted molar refractivity (Wildman–Crippen MR) is 145 cm³/mol. The number of fused-ring (bicyclic) bond motifs is 1. The van der Waals surface area contributed by atoms with Gasteiger partial charge >= 0.3 is 0 Å². The lowest BCUT2D eigenvalue weighted by atomic mass is 9.94. The van der Waals surface area contributed by atoms with Gasteiger partial charge in [0.15, 0.2) is 0 Å². The van der Waals surface area contributed by atoms with Crippen LogP contribution in [0.3, 0.4) is 0 Å². The van der Waals surface area contributed by atoms with Gasteiger partial charge in [0.05, 0.1) is 6.21 Å². The van der Waals surface area contributed by atoms with Crippen LogP contribution in [0.4, 0.5) is 0 Å². The number of hydrogen-bond acceptors (Lipinski definition) is 5. The van der Waals surface area contributed by atoms with E-state index in [1.807, 2.05) is 41.0 Å². The van der Waals surface area contributed by atoms with E-state index >= 15 is 0 Å². The highest BCUT2D eigenvalue weighted by molar-refractivity contribution is 6.08. The van der Waals surface area contributed by atoms with Crippen LogP contribution in [0.15, 0.2) is 84.1 Å². The van der Waals surface area contributed by atoms with Crippen molar-refractivity contribution in [2.45, 2.75) is 45.4 Å². The summed E-state index contributed by atoms with van der Waals surface area (Å²) in [5, 5.41) is 3.57. The van der Waals surface area contributed by atoms with Crippen LogP contribution < -0.4 is 11.1 Å². The van der Waals surface area contributed by atoms with Crippen LogP contribution >= 0.6 is 0 Å². The first-order valence-electron chi connectivity index (χ1n) is 12.2. The van der Waals surface area contributed by atoms with Gasteiger partial charge in [-0.2, -0.15) is 0 Å². The second kappa shape index (κ2) is 9.64. The van der Waals surface area contributed by atoms with E-state index in [0.29, 0.717) is 17.9 Å². The zero-order valence-electron chi connectivity index (χ0n) is 20.9. The summed E-state index contributed by atoms with van der Waals surface area (Å²) >= 11 is 0. The highest BCUT2D eigenvalue weighted by Crippen LogP contribution is 2.31. The molecule has 6 nitrogen and oxygen atoms in total. The molecule has 1 unspecified atom stereocenters. The largest absolute Gasteiger partial charge is 0.326 e. The number of aromatic nitrogens is 2. The van der Waals surface area contributed by atoms with E-state index in [0.717, 1.165) is 28.9 Å². The molecule has 0 bridgehead atoms. The fourth-order valence-electron chi connectivity index (χ4n) is 4.47. The van der Waals surface area contributed by atoms with Crippen molar-refractivity contribution in [2.24, 2.45) is 10.7 Å². The van der Waals surface area contributed by atoms with Crippen LogP contribution in [-0.4, -0.2) is 27.1 Å². The van der Waals surface area contributed by atoms with Gasteiger partial charge in [0, 0.05) is 24.3 Å². The molecule has 1 aromatic heterocycles. The fraction of sp³-hybridized carbons (Fsp3) is 0.233. The molecule has 0 saturated heterocycles. The molecular weight excluding hydrogens is 446 g/mol. The molecule has 0 saturated carbocycles. The molecule has 0 radical (unpaired) electrons. The van der Waals surface area contributed by atoms with Crippen molar-refractivity contribution >= 4 is 12.0 Å². The molecular formula is C30H31N5O. The summed E-state index contributed by atoms with van der Waals surface area (Å²) in [5.41, 5.74) is 13.2. The molecule has 36 heavy (non-hydrogen) atoms. The van der Waals surface area contributed by atoms with Gasteiger partial charge in [-0.1, -0.05) is 60.7 Å². The van der Waals surface area contributed by atoms with Gasteiger partial charge in [-0.15, -0.1) is 0 Å². The van der Waals surface area contributed by atoms with Gasteiger partial charge in [0.1, 0.15) is 23.8 Å². The van der Waals surface area contributed by atoms with Crippen molar-refractivity contribution in [3.05, 3.63) is 107 Å². The van der Waals surface area contributed by atoms with Gasteiger partial charge < -0.3 is 11.1 Å². The Morgan fingerprint density at radius 2 is 1.78 bits per heavy atom. The standard InChI is InChI=1S/C30H31N5O/c1-30(2,3)34-17-23-8-4-5-10-25(23)21-11-13-22(14-12-21)27-29(36)28-26(18-32-27)33-19-35(28)24-9-6-7-20(15-24)16-31/h4-15,18-19,27,34H,16-17,31H2,1-3H3. The summed E-state index contributed by atoms with van der Waals surface area (Å²) in [5.74, 6) is -0.0642. The van der Waals surface area contributed by atoms with Crippen molar-refractivity contribution in [1.29, 1.82) is 0 Å². The maximum absolute atomic E-state index is 13.6. The van der Waals surface area contributed by atoms with Crippen molar-refractivity contribution in [3.63, 3.8) is 0 Å². The predicted octanol–water partition coefficient (Wildman–Crippen LogP) is 5.24. The third-order valence-electron chi connectivity index (χ3n) is 6.41. The minimum atomic E-state index is -0.600. The maximum atomic E-state index is 13.6. The van der Waals surface area contributed by atoms with Gasteiger partial charge in [0.25, 0.3) is 0 Å². The number of nitrogens with two attached hydrogens (primary N) is 1. The number of rotatable bonds is 6. The number of nitrogens with one attached hydrogen (secondary N) is 1. The summed E-state index contributed by atoms with van der Waals surface area (Å²) in [4.78, 5) is 22.6. The van der Waals surface area contributed by atoms with Crippen LogP contribution in [0, 0.1) is 0 Å². The van der Waals surface area contributed by atoms with E-state index in [2.05, 4.69) is 72.5 Å². The SMILES string of the molecule is CC(C)(C)NCc1ccccc1-c1ccc(C2N=Cc3ncn(-c4cccc(CN)c4)c3C2=O)cc1. The topological polar surface area (TPSA) is 85.3 Å². The molecule has 3 N–H and O–H groups in total. The Balaban J connectivity index is 1.42. The Morgan fingerprint density at radius 3 is 2.53 bits per heavy atom. The molecule has 2 heterocycles. The van der Waals surface area contributed by atoms with Crippen LogP contribution in [-0.2, 0) is 13.1 Å². The van der Waals surface area contributed by atoms with Crippen molar-refractivity contribution in [1.82, 2.24) is 14.9 Å². The number of nitrogens with zero attached hydrogens (tertiary/aromatic N) is 3. The zero-order valence-corrected chi connectivity index (χ0v) is 20.9. The highest BCUT2D eigenvalue weighted by Gasteiger charge is 2.31. The van der Waals surface area contributed by atoms with Gasteiger partial charge in [-0.05, 0) is 60.7 Å². The number of ketones is 1. The van der Waals surface area contributed by atoms with E-state index in [4.69, 9.17) is 5.73 Å². The molecule has 3 aromatic carbocycles. The van der Waals surface area contributed by atoms with E-state index in [-0.39, 0.29) is 11.3 Å². The Bertz CT molecular complexity index is 1430. The first kappa shape index (κ1) is 23.9. The van der Waals surface area contributed by atoms with Crippen LogP contribution in [0.1, 0.15) is 59.7 Å². The average Bonchev–Trinajstić information content (AvgIpc) is 3.33. The Hall–Kier alpha value is -3.87. The third kappa shape index (κ3) is 4.78. The summed E-state index contributed by atoms with van der Waals surface area (Å²) in [7, 11) is 0. The van der Waals surface area contributed by atoms with E-state index in [1.54, 1.807) is 12.5 Å². The van der Waals surface area contributed by atoms with E-state index in [1.165, 1.54) is 11.1 Å². The first-order chi connectivity index (χ1) is 17.3. The summed E-state index contributed by atoms with van der Waals surface area (Å²) in [6.45, 7) is 7.71. The minimum absolute atomic E-state index is 0.0350. The van der Waals surface area contributed by atoms with E-state index in [9.17, 15) is 4.79 Å². The molecule has 0 aliphatic carbocycles. The molecule has 0 fully saturated rings.